The van der Waals surface area contributed by atoms with E-state index in [-0.39, 0.29) is 5.82 Å². The van der Waals surface area contributed by atoms with Crippen LogP contribution in [0.1, 0.15) is 0 Å². The molecule has 7 heteroatoms. The maximum atomic E-state index is 13.7. The molecule has 0 fully saturated rings. The van der Waals surface area contributed by atoms with Crippen molar-refractivity contribution in [2.75, 3.05) is 0 Å². The maximum absolute atomic E-state index is 13.7. The first kappa shape index (κ1) is 15.3. The smallest absolute Gasteiger partial charge is 0.145 e. The Morgan fingerprint density at radius 3 is 2.69 bits per heavy atom. The molecule has 0 atom stereocenters. The molecule has 26 heavy (non-hydrogen) atoms. The molecule has 5 rings (SSSR count). The minimum Gasteiger partial charge on any atom is -0.360 e. The molecule has 0 unspecified atom stereocenters. The molecule has 0 amide bonds. The van der Waals surface area contributed by atoms with Crippen molar-refractivity contribution in [3.05, 3.63) is 59.1 Å². The van der Waals surface area contributed by atoms with E-state index in [2.05, 4.69) is 31.2 Å². The molecule has 0 saturated heterocycles. The van der Waals surface area contributed by atoms with E-state index < -0.39 is 0 Å². The van der Waals surface area contributed by atoms with E-state index in [0.29, 0.717) is 11.4 Å². The second kappa shape index (κ2) is 5.54. The fourth-order valence-electron chi connectivity index (χ4n) is 3.38. The van der Waals surface area contributed by atoms with Crippen molar-refractivity contribution in [1.82, 2.24) is 19.9 Å². The highest BCUT2D eigenvalue weighted by atomic mass is 79.9. The molecule has 0 aliphatic heterocycles. The highest BCUT2D eigenvalue weighted by Crippen LogP contribution is 2.38. The van der Waals surface area contributed by atoms with Gasteiger partial charge in [0, 0.05) is 56.8 Å². The number of nitrogens with zero attached hydrogens (tertiary/aromatic N) is 3. The Kier molecular flexibility index (Phi) is 3.27. The van der Waals surface area contributed by atoms with E-state index >= 15 is 0 Å². The predicted octanol–water partition coefficient (Wildman–Crippen LogP) is 5.28. The third kappa shape index (κ3) is 2.20. The van der Waals surface area contributed by atoms with E-state index in [1.54, 1.807) is 12.3 Å². The quantitative estimate of drug-likeness (QED) is 0.430. The molecule has 0 bridgehead atoms. The highest BCUT2D eigenvalue weighted by molar-refractivity contribution is 9.10. The van der Waals surface area contributed by atoms with E-state index in [1.165, 1.54) is 12.1 Å². The number of fused-ring (bicyclic) bond motifs is 2. The van der Waals surface area contributed by atoms with Gasteiger partial charge in [0.15, 0.2) is 0 Å². The second-order valence-electron chi connectivity index (χ2n) is 6.17. The lowest BCUT2D eigenvalue weighted by atomic mass is 10.0. The number of benzene rings is 2. The van der Waals surface area contributed by atoms with Crippen molar-refractivity contribution in [3.8, 4) is 22.5 Å². The summed E-state index contributed by atoms with van der Waals surface area (Å²) in [7, 11) is 1.98. The van der Waals surface area contributed by atoms with Crippen LogP contribution in [-0.4, -0.2) is 19.9 Å². The molecule has 0 spiro atoms. The zero-order valence-electron chi connectivity index (χ0n) is 13.6. The SMILES string of the molecule is Cn1cc(-c2nonc2-c2c[nH]c3ccc(F)cc23)c2cc(Br)ccc21. The van der Waals surface area contributed by atoms with E-state index in [1.807, 2.05) is 36.0 Å². The van der Waals surface area contributed by atoms with Gasteiger partial charge in [-0.05, 0) is 46.7 Å². The molecule has 0 saturated carbocycles. The Hall–Kier alpha value is -2.93. The van der Waals surface area contributed by atoms with Gasteiger partial charge in [-0.15, -0.1) is 0 Å². The molecular formula is C19H12BrFN4O. The van der Waals surface area contributed by atoms with Crippen LogP contribution in [0.4, 0.5) is 4.39 Å². The summed E-state index contributed by atoms with van der Waals surface area (Å²) in [5.74, 6) is -0.301. The molecule has 128 valence electrons. The topological polar surface area (TPSA) is 59.6 Å². The Bertz CT molecular complexity index is 1280. The molecule has 1 N–H and O–H groups in total. The van der Waals surface area contributed by atoms with Crippen LogP contribution in [0.25, 0.3) is 44.3 Å². The van der Waals surface area contributed by atoms with Gasteiger partial charge in [-0.3, -0.25) is 0 Å². The zero-order chi connectivity index (χ0) is 17.8. The summed E-state index contributed by atoms with van der Waals surface area (Å²) >= 11 is 3.52. The van der Waals surface area contributed by atoms with Crippen LogP contribution in [0.2, 0.25) is 0 Å². The number of aromatic amines is 1. The lowest BCUT2D eigenvalue weighted by molar-refractivity contribution is 0.310. The van der Waals surface area contributed by atoms with Gasteiger partial charge in [0.2, 0.25) is 0 Å². The van der Waals surface area contributed by atoms with Gasteiger partial charge in [0.05, 0.1) is 0 Å². The molecule has 0 radical (unpaired) electrons. The van der Waals surface area contributed by atoms with Crippen molar-refractivity contribution < 1.29 is 9.02 Å². The van der Waals surface area contributed by atoms with Crippen LogP contribution in [0.15, 0.2) is 57.9 Å². The molecule has 5 aromatic rings. The third-order valence-electron chi connectivity index (χ3n) is 4.59. The third-order valence-corrected chi connectivity index (χ3v) is 5.09. The van der Waals surface area contributed by atoms with Crippen LogP contribution < -0.4 is 0 Å². The molecule has 0 aliphatic carbocycles. The van der Waals surface area contributed by atoms with Gasteiger partial charge < -0.3 is 9.55 Å². The van der Waals surface area contributed by atoms with Crippen LogP contribution in [0.3, 0.4) is 0 Å². The summed E-state index contributed by atoms with van der Waals surface area (Å²) < 4.78 is 21.8. The summed E-state index contributed by atoms with van der Waals surface area (Å²) in [6.45, 7) is 0. The molecule has 2 aromatic carbocycles. The van der Waals surface area contributed by atoms with Gasteiger partial charge in [-0.1, -0.05) is 15.9 Å². The lowest BCUT2D eigenvalue weighted by Crippen LogP contribution is -1.83. The standard InChI is InChI=1S/C19H12BrFN4O/c1-25-9-15(13-6-10(20)2-5-17(13)25)19-18(23-26-24-19)14-8-22-16-4-3-11(21)7-12(14)16/h2-9,22H,1H3. The highest BCUT2D eigenvalue weighted by Gasteiger charge is 2.21. The van der Waals surface area contributed by atoms with Crippen molar-refractivity contribution in [2.45, 2.75) is 0 Å². The number of hydrogen-bond acceptors (Lipinski definition) is 3. The normalized spacial score (nSPS) is 11.7. The molecule has 5 nitrogen and oxygen atoms in total. The maximum Gasteiger partial charge on any atom is 0.145 e. The zero-order valence-corrected chi connectivity index (χ0v) is 15.2. The summed E-state index contributed by atoms with van der Waals surface area (Å²) in [5, 5.41) is 10.0. The fraction of sp³-hybridized carbons (Fsp3) is 0.0526. The van der Waals surface area contributed by atoms with Crippen molar-refractivity contribution in [3.63, 3.8) is 0 Å². The Morgan fingerprint density at radius 1 is 1.04 bits per heavy atom. The molecule has 3 heterocycles. The van der Waals surface area contributed by atoms with E-state index in [9.17, 15) is 4.39 Å². The van der Waals surface area contributed by atoms with E-state index in [4.69, 9.17) is 4.63 Å². The molecular weight excluding hydrogens is 399 g/mol. The Labute approximate surface area is 155 Å². The average molecular weight is 411 g/mol. The summed E-state index contributed by atoms with van der Waals surface area (Å²) in [5.41, 5.74) is 4.76. The average Bonchev–Trinajstić information content (AvgIpc) is 3.31. The summed E-state index contributed by atoms with van der Waals surface area (Å²) in [6, 6.07) is 10.7. The van der Waals surface area contributed by atoms with Gasteiger partial charge >= 0.3 is 0 Å². The van der Waals surface area contributed by atoms with Crippen molar-refractivity contribution in [2.24, 2.45) is 7.05 Å². The summed E-state index contributed by atoms with van der Waals surface area (Å²) in [6.07, 6.45) is 3.80. The molecule has 0 aliphatic rings. The van der Waals surface area contributed by atoms with Gasteiger partial charge in [-0.2, -0.15) is 0 Å². The van der Waals surface area contributed by atoms with Crippen LogP contribution >= 0.6 is 15.9 Å². The number of H-pyrrole nitrogens is 1. The minimum absolute atomic E-state index is 0.301. The minimum atomic E-state index is -0.301. The first-order chi connectivity index (χ1) is 12.6. The molecule has 3 aromatic heterocycles. The first-order valence-electron chi connectivity index (χ1n) is 7.96. The van der Waals surface area contributed by atoms with Crippen LogP contribution in [-0.2, 0) is 7.05 Å². The van der Waals surface area contributed by atoms with E-state index in [0.717, 1.165) is 37.4 Å². The van der Waals surface area contributed by atoms with Gasteiger partial charge in [-0.25, -0.2) is 9.02 Å². The number of nitrogens with one attached hydrogen (secondary N) is 1. The van der Waals surface area contributed by atoms with Gasteiger partial charge in [0.25, 0.3) is 0 Å². The Morgan fingerprint density at radius 2 is 1.85 bits per heavy atom. The Balaban J connectivity index is 1.78. The predicted molar refractivity (Wildman–Crippen MR) is 101 cm³/mol. The fourth-order valence-corrected chi connectivity index (χ4v) is 3.74. The number of hydrogen-bond donors (Lipinski definition) is 1. The van der Waals surface area contributed by atoms with Gasteiger partial charge in [0.1, 0.15) is 17.2 Å². The van der Waals surface area contributed by atoms with Crippen molar-refractivity contribution >= 4 is 37.7 Å². The van der Waals surface area contributed by atoms with Crippen LogP contribution in [0.5, 0.6) is 0 Å². The van der Waals surface area contributed by atoms with Crippen molar-refractivity contribution in [1.29, 1.82) is 0 Å². The lowest BCUT2D eigenvalue weighted by Gasteiger charge is -1.99. The number of rotatable bonds is 2. The van der Waals surface area contributed by atoms with Crippen LogP contribution in [0, 0.1) is 5.82 Å². The first-order valence-corrected chi connectivity index (χ1v) is 8.75. The summed E-state index contributed by atoms with van der Waals surface area (Å²) in [4.78, 5) is 3.15. The second-order valence-corrected chi connectivity index (χ2v) is 7.08. The number of aryl methyl sites for hydroxylation is 1. The monoisotopic (exact) mass is 410 g/mol. The largest absolute Gasteiger partial charge is 0.360 e. The number of halogens is 2. The number of aromatic nitrogens is 4.